The number of fused-ring (bicyclic) bond motifs is 1. The monoisotopic (exact) mass is 228 g/mol. The first-order chi connectivity index (χ1) is 8.27. The van der Waals surface area contributed by atoms with Crippen LogP contribution in [0.3, 0.4) is 0 Å². The molecule has 84 valence electrons. The van der Waals surface area contributed by atoms with Gasteiger partial charge in [-0.15, -0.1) is 10.2 Å². The molecule has 0 saturated heterocycles. The second-order valence-corrected chi connectivity index (χ2v) is 3.65. The van der Waals surface area contributed by atoms with E-state index >= 15 is 0 Å². The number of nitrogens with two attached hydrogens (primary N) is 1. The van der Waals surface area contributed by atoms with Crippen LogP contribution in [0.25, 0.3) is 17.0 Å². The van der Waals surface area contributed by atoms with Crippen molar-refractivity contribution in [1.29, 1.82) is 0 Å². The zero-order chi connectivity index (χ0) is 11.8. The van der Waals surface area contributed by atoms with E-state index in [4.69, 9.17) is 5.73 Å². The minimum absolute atomic E-state index is 0.0886. The fourth-order valence-electron chi connectivity index (χ4n) is 1.76. The van der Waals surface area contributed by atoms with Crippen LogP contribution in [0.1, 0.15) is 0 Å². The van der Waals surface area contributed by atoms with Gasteiger partial charge in [-0.3, -0.25) is 4.40 Å². The molecule has 0 aliphatic rings. The molecule has 2 N–H and O–H groups in total. The van der Waals surface area contributed by atoms with Gasteiger partial charge < -0.3 is 5.73 Å². The van der Waals surface area contributed by atoms with Crippen molar-refractivity contribution >= 4 is 11.3 Å². The highest BCUT2D eigenvalue weighted by atomic mass is 19.1. The predicted octanol–water partition coefficient (Wildman–Crippen LogP) is 2.12. The molecule has 0 saturated carbocycles. The van der Waals surface area contributed by atoms with Crippen molar-refractivity contribution in [2.45, 2.75) is 0 Å². The summed E-state index contributed by atoms with van der Waals surface area (Å²) in [6, 6.07) is 10.2. The van der Waals surface area contributed by atoms with Gasteiger partial charge in [-0.1, -0.05) is 12.1 Å². The summed E-state index contributed by atoms with van der Waals surface area (Å²) < 4.78 is 15.2. The van der Waals surface area contributed by atoms with Crippen LogP contribution in [0.5, 0.6) is 0 Å². The van der Waals surface area contributed by atoms with Crippen LogP contribution in [0.15, 0.2) is 42.6 Å². The lowest BCUT2D eigenvalue weighted by atomic mass is 10.1. The lowest BCUT2D eigenvalue weighted by molar-refractivity contribution is 0.633. The quantitative estimate of drug-likeness (QED) is 0.649. The van der Waals surface area contributed by atoms with Gasteiger partial charge in [0.25, 0.3) is 0 Å². The Morgan fingerprint density at radius 3 is 2.82 bits per heavy atom. The molecule has 3 rings (SSSR count). The largest absolute Gasteiger partial charge is 0.396 e. The predicted molar refractivity (Wildman–Crippen MR) is 62.8 cm³/mol. The molecule has 0 unspecified atom stereocenters. The molecule has 5 heteroatoms. The maximum atomic E-state index is 13.4. The van der Waals surface area contributed by atoms with E-state index in [1.807, 2.05) is 24.4 Å². The second kappa shape index (κ2) is 3.55. The smallest absolute Gasteiger partial charge is 0.170 e. The van der Waals surface area contributed by atoms with Crippen molar-refractivity contribution < 1.29 is 4.39 Å². The normalized spacial score (nSPS) is 10.9. The van der Waals surface area contributed by atoms with E-state index in [1.165, 1.54) is 6.07 Å². The molecule has 0 atom stereocenters. The van der Waals surface area contributed by atoms with E-state index in [-0.39, 0.29) is 5.69 Å². The molecule has 2 heterocycles. The summed E-state index contributed by atoms with van der Waals surface area (Å²) in [6.45, 7) is 0. The fraction of sp³-hybridized carbons (Fsp3) is 0. The molecule has 1 aromatic carbocycles. The molecule has 17 heavy (non-hydrogen) atoms. The summed E-state index contributed by atoms with van der Waals surface area (Å²) in [6.07, 6.45) is 1.81. The van der Waals surface area contributed by atoms with Gasteiger partial charge in [-0.05, 0) is 24.3 Å². The highest BCUT2D eigenvalue weighted by molar-refractivity contribution is 5.73. The van der Waals surface area contributed by atoms with Gasteiger partial charge >= 0.3 is 0 Å². The van der Waals surface area contributed by atoms with E-state index in [0.717, 1.165) is 0 Å². The summed E-state index contributed by atoms with van der Waals surface area (Å²) in [4.78, 5) is 0. The molecule has 3 aromatic rings. The molecule has 0 fully saturated rings. The molecule has 2 aromatic heterocycles. The van der Waals surface area contributed by atoms with Crippen LogP contribution in [-0.2, 0) is 0 Å². The fourth-order valence-corrected chi connectivity index (χ4v) is 1.76. The number of pyridine rings is 1. The Hall–Kier alpha value is -2.43. The van der Waals surface area contributed by atoms with E-state index in [0.29, 0.717) is 17.0 Å². The van der Waals surface area contributed by atoms with Crippen molar-refractivity contribution in [3.8, 4) is 11.4 Å². The molecule has 0 amide bonds. The Labute approximate surface area is 96.5 Å². The van der Waals surface area contributed by atoms with Gasteiger partial charge in [0.1, 0.15) is 5.82 Å². The van der Waals surface area contributed by atoms with E-state index in [1.54, 1.807) is 16.5 Å². The Bertz CT molecular complexity index is 690. The van der Waals surface area contributed by atoms with Crippen molar-refractivity contribution in [2.75, 3.05) is 5.73 Å². The number of aromatic nitrogens is 3. The van der Waals surface area contributed by atoms with Gasteiger partial charge in [0.2, 0.25) is 0 Å². The van der Waals surface area contributed by atoms with Gasteiger partial charge in [0.15, 0.2) is 11.5 Å². The Morgan fingerprint density at radius 1 is 1.06 bits per heavy atom. The summed E-state index contributed by atoms with van der Waals surface area (Å²) in [7, 11) is 0. The maximum Gasteiger partial charge on any atom is 0.170 e. The van der Waals surface area contributed by atoms with Crippen LogP contribution < -0.4 is 5.73 Å². The van der Waals surface area contributed by atoms with Gasteiger partial charge in [0, 0.05) is 11.8 Å². The number of benzene rings is 1. The average Bonchev–Trinajstić information content (AvgIpc) is 2.77. The standard InChI is InChI=1S/C12H9FN4/c13-9-5-3-4-8(11(9)14)12-16-15-10-6-1-2-7-17(10)12/h1-7H,14H2. The van der Waals surface area contributed by atoms with Crippen molar-refractivity contribution in [2.24, 2.45) is 0 Å². The van der Waals surface area contributed by atoms with Crippen molar-refractivity contribution in [3.63, 3.8) is 0 Å². The third-order valence-corrected chi connectivity index (χ3v) is 2.61. The van der Waals surface area contributed by atoms with E-state index in [9.17, 15) is 4.39 Å². The summed E-state index contributed by atoms with van der Waals surface area (Å²) in [5.74, 6) is 0.0905. The van der Waals surface area contributed by atoms with Gasteiger partial charge in [-0.25, -0.2) is 4.39 Å². The first kappa shape index (κ1) is 9.77. The highest BCUT2D eigenvalue weighted by Crippen LogP contribution is 2.26. The number of anilines is 1. The molecule has 0 bridgehead atoms. The number of halogens is 1. The van der Waals surface area contributed by atoms with Crippen LogP contribution >= 0.6 is 0 Å². The Balaban J connectivity index is 2.31. The van der Waals surface area contributed by atoms with Crippen molar-refractivity contribution in [3.05, 3.63) is 48.4 Å². The maximum absolute atomic E-state index is 13.4. The molecule has 4 nitrogen and oxygen atoms in total. The lowest BCUT2D eigenvalue weighted by Crippen LogP contribution is -1.97. The first-order valence-electron chi connectivity index (χ1n) is 5.11. The summed E-state index contributed by atoms with van der Waals surface area (Å²) in [5.41, 5.74) is 7.04. The second-order valence-electron chi connectivity index (χ2n) is 3.65. The molecule has 0 aliphatic heterocycles. The van der Waals surface area contributed by atoms with E-state index < -0.39 is 5.82 Å². The number of para-hydroxylation sites is 1. The number of hydrogen-bond acceptors (Lipinski definition) is 3. The molecule has 0 spiro atoms. The van der Waals surface area contributed by atoms with Crippen LogP contribution in [0.4, 0.5) is 10.1 Å². The summed E-state index contributed by atoms with van der Waals surface area (Å²) >= 11 is 0. The molecule has 0 aliphatic carbocycles. The minimum Gasteiger partial charge on any atom is -0.396 e. The number of nitrogen functional groups attached to an aromatic ring is 1. The topological polar surface area (TPSA) is 56.2 Å². The third-order valence-electron chi connectivity index (χ3n) is 2.61. The van der Waals surface area contributed by atoms with Crippen molar-refractivity contribution in [1.82, 2.24) is 14.6 Å². The Morgan fingerprint density at radius 2 is 1.94 bits per heavy atom. The van der Waals surface area contributed by atoms with Crippen LogP contribution in [0.2, 0.25) is 0 Å². The zero-order valence-corrected chi connectivity index (χ0v) is 8.84. The van der Waals surface area contributed by atoms with Gasteiger partial charge in [0.05, 0.1) is 5.69 Å². The van der Waals surface area contributed by atoms with E-state index in [2.05, 4.69) is 10.2 Å². The number of rotatable bonds is 1. The molecule has 0 radical (unpaired) electrons. The third kappa shape index (κ3) is 1.44. The lowest BCUT2D eigenvalue weighted by Gasteiger charge is -2.04. The Kier molecular flexibility index (Phi) is 2.04. The first-order valence-corrected chi connectivity index (χ1v) is 5.11. The zero-order valence-electron chi connectivity index (χ0n) is 8.84. The summed E-state index contributed by atoms with van der Waals surface area (Å²) in [5, 5.41) is 8.03. The highest BCUT2D eigenvalue weighted by Gasteiger charge is 2.12. The SMILES string of the molecule is Nc1c(F)cccc1-c1nnc2ccccn12. The minimum atomic E-state index is -0.449. The van der Waals surface area contributed by atoms with Gasteiger partial charge in [-0.2, -0.15) is 0 Å². The van der Waals surface area contributed by atoms with Crippen LogP contribution in [-0.4, -0.2) is 14.6 Å². The average molecular weight is 228 g/mol. The number of nitrogens with zero attached hydrogens (tertiary/aromatic N) is 3. The van der Waals surface area contributed by atoms with Crippen LogP contribution in [0, 0.1) is 5.82 Å². The molecular weight excluding hydrogens is 219 g/mol. The molecular formula is C12H9FN4. The number of hydrogen-bond donors (Lipinski definition) is 1.